The van der Waals surface area contributed by atoms with Gasteiger partial charge in [-0.15, -0.1) is 0 Å². The first-order valence-corrected chi connectivity index (χ1v) is 10.4. The van der Waals surface area contributed by atoms with E-state index in [2.05, 4.69) is 9.62 Å². The summed E-state index contributed by atoms with van der Waals surface area (Å²) in [4.78, 5) is 2.12. The molecular formula is C13H24N2O4S2. The van der Waals surface area contributed by atoms with E-state index in [0.29, 0.717) is 12.1 Å². The van der Waals surface area contributed by atoms with Crippen molar-refractivity contribution in [2.45, 2.75) is 38.1 Å². The van der Waals surface area contributed by atoms with E-state index in [-0.39, 0.29) is 21.9 Å². The molecule has 0 saturated heterocycles. The summed E-state index contributed by atoms with van der Waals surface area (Å²) in [5, 5.41) is 0. The van der Waals surface area contributed by atoms with Gasteiger partial charge >= 0.3 is 0 Å². The zero-order valence-corrected chi connectivity index (χ0v) is 14.5. The van der Waals surface area contributed by atoms with Crippen molar-refractivity contribution in [3.05, 3.63) is 10.5 Å². The molecule has 1 saturated carbocycles. The van der Waals surface area contributed by atoms with Crippen LogP contribution < -0.4 is 4.72 Å². The molecule has 1 heterocycles. The first-order valence-electron chi connectivity index (χ1n) is 7.14. The molecule has 0 amide bonds. The van der Waals surface area contributed by atoms with Crippen LogP contribution in [0.2, 0.25) is 0 Å². The fraction of sp³-hybridized carbons (Fsp3) is 0.846. The monoisotopic (exact) mass is 336 g/mol. The van der Waals surface area contributed by atoms with Crippen LogP contribution in [0.25, 0.3) is 0 Å². The number of sulfonamides is 1. The predicted molar refractivity (Wildman–Crippen MR) is 83.2 cm³/mol. The number of rotatable bonds is 5. The maximum absolute atomic E-state index is 12.4. The fourth-order valence-corrected chi connectivity index (χ4v) is 7.22. The highest BCUT2D eigenvalue weighted by Crippen LogP contribution is 2.33. The van der Waals surface area contributed by atoms with E-state index in [0.717, 1.165) is 25.7 Å². The van der Waals surface area contributed by atoms with Crippen molar-refractivity contribution in [2.24, 2.45) is 0 Å². The molecule has 21 heavy (non-hydrogen) atoms. The quantitative estimate of drug-likeness (QED) is 0.790. The lowest BCUT2D eigenvalue weighted by atomic mass is 9.97. The van der Waals surface area contributed by atoms with Gasteiger partial charge in [0.15, 0.2) is 9.84 Å². The van der Waals surface area contributed by atoms with E-state index < -0.39 is 19.9 Å². The summed E-state index contributed by atoms with van der Waals surface area (Å²) in [7, 11) is -3.09. The van der Waals surface area contributed by atoms with Crippen LogP contribution in [-0.2, 0) is 19.9 Å². The molecule has 0 unspecified atom stereocenters. The molecule has 0 aromatic rings. The van der Waals surface area contributed by atoms with E-state index in [1.807, 2.05) is 14.1 Å². The van der Waals surface area contributed by atoms with Gasteiger partial charge in [-0.1, -0.05) is 12.8 Å². The Balaban J connectivity index is 2.14. The Morgan fingerprint density at radius 1 is 1.19 bits per heavy atom. The first kappa shape index (κ1) is 16.9. The largest absolute Gasteiger partial charge is 0.302 e. The van der Waals surface area contributed by atoms with E-state index in [1.165, 1.54) is 0 Å². The highest BCUT2D eigenvalue weighted by molar-refractivity contribution is 7.97. The van der Waals surface area contributed by atoms with Crippen molar-refractivity contribution in [3.63, 3.8) is 0 Å². The summed E-state index contributed by atoms with van der Waals surface area (Å²) in [6.07, 6.45) is 4.10. The van der Waals surface area contributed by atoms with E-state index in [1.54, 1.807) is 6.92 Å². The molecule has 0 radical (unpaired) electrons. The van der Waals surface area contributed by atoms with Crippen LogP contribution in [0.5, 0.6) is 0 Å². The minimum atomic E-state index is -3.72. The van der Waals surface area contributed by atoms with Crippen molar-refractivity contribution in [3.8, 4) is 0 Å². The summed E-state index contributed by atoms with van der Waals surface area (Å²) in [6.45, 7) is 1.91. The van der Waals surface area contributed by atoms with Crippen LogP contribution in [0.4, 0.5) is 0 Å². The maximum Gasteiger partial charge on any atom is 0.237 e. The smallest absolute Gasteiger partial charge is 0.237 e. The van der Waals surface area contributed by atoms with Crippen molar-refractivity contribution < 1.29 is 16.8 Å². The summed E-state index contributed by atoms with van der Waals surface area (Å²) in [5.41, 5.74) is 0.284. The van der Waals surface area contributed by atoms with Crippen LogP contribution in [-0.4, -0.2) is 59.4 Å². The molecule has 2 rings (SSSR count). The molecular weight excluding hydrogens is 312 g/mol. The second kappa shape index (κ2) is 5.64. The number of hydrogen-bond acceptors (Lipinski definition) is 5. The Kier molecular flexibility index (Phi) is 4.55. The molecule has 8 heteroatoms. The predicted octanol–water partition coefficient (Wildman–Crippen LogP) is 0.483. The van der Waals surface area contributed by atoms with Crippen molar-refractivity contribution in [2.75, 3.05) is 32.1 Å². The third kappa shape index (κ3) is 3.49. The van der Waals surface area contributed by atoms with Gasteiger partial charge in [-0.05, 0) is 39.4 Å². The Hall–Kier alpha value is -0.440. The summed E-state index contributed by atoms with van der Waals surface area (Å²) >= 11 is 0. The summed E-state index contributed by atoms with van der Waals surface area (Å²) in [6, 6.07) is 0. The number of likely N-dealkylation sites (N-methyl/N-ethyl adjacent to an activating group) is 1. The molecule has 0 atom stereocenters. The van der Waals surface area contributed by atoms with Gasteiger partial charge in [0.2, 0.25) is 10.0 Å². The Morgan fingerprint density at radius 2 is 1.76 bits per heavy atom. The number of nitrogens with zero attached hydrogens (tertiary/aromatic N) is 1. The van der Waals surface area contributed by atoms with E-state index in [4.69, 9.17) is 0 Å². The Labute approximate surface area is 127 Å². The fourth-order valence-electron chi connectivity index (χ4n) is 3.22. The third-order valence-corrected chi connectivity index (χ3v) is 8.11. The third-order valence-electron chi connectivity index (χ3n) is 4.66. The molecule has 1 aliphatic heterocycles. The van der Waals surface area contributed by atoms with Crippen molar-refractivity contribution in [1.82, 2.24) is 9.62 Å². The van der Waals surface area contributed by atoms with Crippen LogP contribution >= 0.6 is 0 Å². The second-order valence-corrected chi connectivity index (χ2v) is 10.2. The molecule has 1 N–H and O–H groups in total. The van der Waals surface area contributed by atoms with Crippen LogP contribution in [0, 0.1) is 0 Å². The molecule has 122 valence electrons. The minimum Gasteiger partial charge on any atom is -0.302 e. The van der Waals surface area contributed by atoms with Crippen LogP contribution in [0.1, 0.15) is 32.6 Å². The molecule has 0 spiro atoms. The normalized spacial score (nSPS) is 25.0. The Bertz CT molecular complexity index is 642. The van der Waals surface area contributed by atoms with Gasteiger partial charge in [0.05, 0.1) is 16.4 Å². The molecule has 0 bridgehead atoms. The van der Waals surface area contributed by atoms with Gasteiger partial charge in [0.25, 0.3) is 0 Å². The van der Waals surface area contributed by atoms with Crippen LogP contribution in [0.15, 0.2) is 10.5 Å². The summed E-state index contributed by atoms with van der Waals surface area (Å²) < 4.78 is 50.6. The standard InChI is InChI=1S/C13H24N2O4S2/c1-11-8-20(16,17)9-12(11)21(18,19)14-10-13(15(2)3)6-4-5-7-13/h14H,4-10H2,1-3H3. The lowest BCUT2D eigenvalue weighted by Gasteiger charge is -2.36. The van der Waals surface area contributed by atoms with E-state index >= 15 is 0 Å². The highest BCUT2D eigenvalue weighted by atomic mass is 32.2. The topological polar surface area (TPSA) is 83.6 Å². The first-order chi connectivity index (χ1) is 9.58. The number of nitrogens with one attached hydrogen (secondary N) is 1. The van der Waals surface area contributed by atoms with Gasteiger partial charge in [0, 0.05) is 12.1 Å². The number of hydrogen-bond donors (Lipinski definition) is 1. The van der Waals surface area contributed by atoms with Crippen molar-refractivity contribution >= 4 is 19.9 Å². The van der Waals surface area contributed by atoms with Gasteiger partial charge in [0.1, 0.15) is 0 Å². The maximum atomic E-state index is 12.4. The molecule has 2 aliphatic rings. The second-order valence-electron chi connectivity index (χ2n) is 6.39. The molecule has 0 aromatic heterocycles. The average molecular weight is 336 g/mol. The SMILES string of the molecule is CC1=C(S(=O)(=O)NCC2(N(C)C)CCCC2)CS(=O)(=O)C1. The molecule has 1 aliphatic carbocycles. The zero-order valence-electron chi connectivity index (χ0n) is 12.8. The minimum absolute atomic E-state index is 0.0365. The highest BCUT2D eigenvalue weighted by Gasteiger charge is 2.39. The number of sulfone groups is 1. The molecule has 6 nitrogen and oxygen atoms in total. The van der Waals surface area contributed by atoms with Gasteiger partial charge in [-0.2, -0.15) is 0 Å². The van der Waals surface area contributed by atoms with Crippen LogP contribution in [0.3, 0.4) is 0 Å². The summed E-state index contributed by atoms with van der Waals surface area (Å²) in [5.74, 6) is -0.523. The van der Waals surface area contributed by atoms with Gasteiger partial charge in [-0.25, -0.2) is 21.6 Å². The zero-order chi connectivity index (χ0) is 15.9. The lowest BCUT2D eigenvalue weighted by molar-refractivity contribution is 0.162. The van der Waals surface area contributed by atoms with Crippen molar-refractivity contribution in [1.29, 1.82) is 0 Å². The Morgan fingerprint density at radius 3 is 2.19 bits per heavy atom. The lowest BCUT2D eigenvalue weighted by Crippen LogP contribution is -2.51. The van der Waals surface area contributed by atoms with E-state index in [9.17, 15) is 16.8 Å². The van der Waals surface area contributed by atoms with Gasteiger partial charge < -0.3 is 4.90 Å². The van der Waals surface area contributed by atoms with Gasteiger partial charge in [-0.3, -0.25) is 0 Å². The average Bonchev–Trinajstić information content (AvgIpc) is 2.92. The molecule has 1 fully saturated rings. The molecule has 0 aromatic carbocycles.